The number of nitrogens with one attached hydrogen (secondary N) is 2. The molecule has 0 radical (unpaired) electrons. The Morgan fingerprint density at radius 1 is 1.15 bits per heavy atom. The van der Waals surface area contributed by atoms with Crippen molar-refractivity contribution in [2.75, 3.05) is 26.7 Å². The number of carbonyl (C=O) groups is 3. The van der Waals surface area contributed by atoms with Crippen molar-refractivity contribution in [2.45, 2.75) is 18.9 Å². The predicted molar refractivity (Wildman–Crippen MR) is 122 cm³/mol. The van der Waals surface area contributed by atoms with Crippen LogP contribution in [-0.2, 0) is 4.79 Å². The van der Waals surface area contributed by atoms with E-state index in [0.29, 0.717) is 37.2 Å². The minimum absolute atomic E-state index is 0.131. The molecule has 1 aliphatic rings. The lowest BCUT2D eigenvalue weighted by Crippen LogP contribution is -2.53. The number of likely N-dealkylation sites (tertiary alicyclic amines) is 1. The molecule has 8 heteroatoms. The number of hydrogen-bond acceptors (Lipinski definition) is 4. The van der Waals surface area contributed by atoms with Gasteiger partial charge in [-0.25, -0.2) is 4.39 Å². The molecule has 0 spiro atoms. The summed E-state index contributed by atoms with van der Waals surface area (Å²) in [5.74, 6) is -1.01. The van der Waals surface area contributed by atoms with Gasteiger partial charge in [-0.15, -0.1) is 6.58 Å². The largest absolute Gasteiger partial charge is 0.496 e. The summed E-state index contributed by atoms with van der Waals surface area (Å²) in [4.78, 5) is 40.2. The van der Waals surface area contributed by atoms with Crippen LogP contribution in [0.2, 0.25) is 0 Å². The molecular formula is C25H28FN3O4. The van der Waals surface area contributed by atoms with Gasteiger partial charge in [0, 0.05) is 25.2 Å². The van der Waals surface area contributed by atoms with Crippen LogP contribution in [0, 0.1) is 11.7 Å². The third kappa shape index (κ3) is 5.97. The van der Waals surface area contributed by atoms with Crippen molar-refractivity contribution in [1.29, 1.82) is 0 Å². The summed E-state index contributed by atoms with van der Waals surface area (Å²) in [6, 6.07) is 11.4. The summed E-state index contributed by atoms with van der Waals surface area (Å²) in [6.45, 7) is 4.76. The van der Waals surface area contributed by atoms with E-state index in [1.807, 2.05) is 0 Å². The molecule has 174 valence electrons. The topological polar surface area (TPSA) is 87.7 Å². The standard InChI is InChI=1S/C25H28FN3O4/c1-3-14-27-24(31)22(28-23(30)18-8-10-19(26)11-9-18)17-12-15-29(16-13-17)25(32)20-6-4-5-7-21(20)33-2/h3-11,17,22H,1,12-16H2,2H3,(H,27,31)(H,28,30). The molecule has 2 N–H and O–H groups in total. The number of amides is 3. The molecule has 33 heavy (non-hydrogen) atoms. The average molecular weight is 454 g/mol. The fourth-order valence-electron chi connectivity index (χ4n) is 3.93. The molecule has 2 aromatic rings. The van der Waals surface area contributed by atoms with Crippen molar-refractivity contribution >= 4 is 17.7 Å². The van der Waals surface area contributed by atoms with Crippen LogP contribution in [0.3, 0.4) is 0 Å². The lowest BCUT2D eigenvalue weighted by Gasteiger charge is -2.36. The van der Waals surface area contributed by atoms with Crippen molar-refractivity contribution in [3.8, 4) is 5.75 Å². The van der Waals surface area contributed by atoms with Crippen molar-refractivity contribution in [3.63, 3.8) is 0 Å². The summed E-state index contributed by atoms with van der Waals surface area (Å²) < 4.78 is 18.5. The monoisotopic (exact) mass is 453 g/mol. The highest BCUT2D eigenvalue weighted by Gasteiger charge is 2.34. The molecular weight excluding hydrogens is 425 g/mol. The molecule has 1 atom stereocenters. The molecule has 3 rings (SSSR count). The molecule has 3 amide bonds. The summed E-state index contributed by atoms with van der Waals surface area (Å²) >= 11 is 0. The van der Waals surface area contributed by atoms with Crippen LogP contribution in [0.5, 0.6) is 5.75 Å². The Kier molecular flexibility index (Phi) is 8.18. The van der Waals surface area contributed by atoms with Gasteiger partial charge in [0.25, 0.3) is 11.8 Å². The number of piperidine rings is 1. The molecule has 0 aliphatic carbocycles. The zero-order chi connectivity index (χ0) is 23.8. The smallest absolute Gasteiger partial charge is 0.257 e. The number of para-hydroxylation sites is 1. The number of nitrogens with zero attached hydrogens (tertiary/aromatic N) is 1. The molecule has 7 nitrogen and oxygen atoms in total. The highest BCUT2D eigenvalue weighted by molar-refractivity contribution is 5.98. The highest BCUT2D eigenvalue weighted by Crippen LogP contribution is 2.25. The third-order valence-electron chi connectivity index (χ3n) is 5.73. The minimum atomic E-state index is -0.786. The fourth-order valence-corrected chi connectivity index (χ4v) is 3.93. The van der Waals surface area contributed by atoms with E-state index in [-0.39, 0.29) is 29.8 Å². The molecule has 0 bridgehead atoms. The Morgan fingerprint density at radius 2 is 1.82 bits per heavy atom. The van der Waals surface area contributed by atoms with E-state index in [1.54, 1.807) is 35.2 Å². The number of benzene rings is 2. The zero-order valence-corrected chi connectivity index (χ0v) is 18.6. The first-order valence-electron chi connectivity index (χ1n) is 10.8. The second-order valence-corrected chi connectivity index (χ2v) is 7.82. The second-order valence-electron chi connectivity index (χ2n) is 7.82. The van der Waals surface area contributed by atoms with Crippen molar-refractivity contribution in [1.82, 2.24) is 15.5 Å². The summed E-state index contributed by atoms with van der Waals surface area (Å²) in [6.07, 6.45) is 2.64. The Balaban J connectivity index is 1.69. The van der Waals surface area contributed by atoms with Crippen molar-refractivity contribution < 1.29 is 23.5 Å². The van der Waals surface area contributed by atoms with Crippen LogP contribution in [-0.4, -0.2) is 55.4 Å². The zero-order valence-electron chi connectivity index (χ0n) is 18.6. The summed E-state index contributed by atoms with van der Waals surface area (Å²) in [7, 11) is 1.52. The number of hydrogen-bond donors (Lipinski definition) is 2. The minimum Gasteiger partial charge on any atom is -0.496 e. The van der Waals surface area contributed by atoms with Gasteiger partial charge < -0.3 is 20.3 Å². The van der Waals surface area contributed by atoms with Gasteiger partial charge in [-0.3, -0.25) is 14.4 Å². The van der Waals surface area contributed by atoms with Crippen molar-refractivity contribution in [2.24, 2.45) is 5.92 Å². The lowest BCUT2D eigenvalue weighted by molar-refractivity contribution is -0.124. The van der Waals surface area contributed by atoms with E-state index in [9.17, 15) is 18.8 Å². The summed E-state index contributed by atoms with van der Waals surface area (Å²) in [5.41, 5.74) is 0.755. The average Bonchev–Trinajstić information content (AvgIpc) is 2.85. The Hall–Kier alpha value is -3.68. The highest BCUT2D eigenvalue weighted by atomic mass is 19.1. The van der Waals surface area contributed by atoms with Crippen LogP contribution >= 0.6 is 0 Å². The van der Waals surface area contributed by atoms with Crippen LogP contribution in [0.25, 0.3) is 0 Å². The van der Waals surface area contributed by atoms with Gasteiger partial charge in [-0.2, -0.15) is 0 Å². The molecule has 1 fully saturated rings. The van der Waals surface area contributed by atoms with Gasteiger partial charge in [0.1, 0.15) is 17.6 Å². The number of halogens is 1. The Bertz CT molecular complexity index is 1000. The van der Waals surface area contributed by atoms with Crippen LogP contribution in [0.1, 0.15) is 33.6 Å². The molecule has 1 aliphatic heterocycles. The fraction of sp³-hybridized carbons (Fsp3) is 0.320. The van der Waals surface area contributed by atoms with Crippen LogP contribution < -0.4 is 15.4 Å². The maximum Gasteiger partial charge on any atom is 0.257 e. The molecule has 2 aromatic carbocycles. The maximum atomic E-state index is 13.2. The first-order chi connectivity index (χ1) is 15.9. The van der Waals surface area contributed by atoms with Gasteiger partial charge in [0.2, 0.25) is 5.91 Å². The number of methoxy groups -OCH3 is 1. The van der Waals surface area contributed by atoms with Gasteiger partial charge in [0.05, 0.1) is 12.7 Å². The molecule has 0 saturated carbocycles. The first kappa shape index (κ1) is 24.0. The van der Waals surface area contributed by atoms with Gasteiger partial charge in [-0.05, 0) is 55.2 Å². The third-order valence-corrected chi connectivity index (χ3v) is 5.73. The lowest BCUT2D eigenvalue weighted by atomic mass is 9.88. The van der Waals surface area contributed by atoms with Gasteiger partial charge in [0.15, 0.2) is 0 Å². The molecule has 0 aromatic heterocycles. The van der Waals surface area contributed by atoms with Crippen molar-refractivity contribution in [3.05, 3.63) is 78.1 Å². The normalized spacial score (nSPS) is 14.8. The van der Waals surface area contributed by atoms with E-state index in [4.69, 9.17) is 4.74 Å². The number of rotatable bonds is 8. The van der Waals surface area contributed by atoms with E-state index in [2.05, 4.69) is 17.2 Å². The quantitative estimate of drug-likeness (QED) is 0.602. The van der Waals surface area contributed by atoms with Gasteiger partial charge in [-0.1, -0.05) is 18.2 Å². The van der Waals surface area contributed by atoms with E-state index < -0.39 is 17.8 Å². The number of ether oxygens (including phenoxy) is 1. The first-order valence-corrected chi connectivity index (χ1v) is 10.8. The molecule has 1 saturated heterocycles. The number of carbonyl (C=O) groups excluding carboxylic acids is 3. The van der Waals surface area contributed by atoms with Gasteiger partial charge >= 0.3 is 0 Å². The van der Waals surface area contributed by atoms with Crippen LogP contribution in [0.15, 0.2) is 61.2 Å². The Morgan fingerprint density at radius 3 is 2.45 bits per heavy atom. The molecule has 1 heterocycles. The predicted octanol–water partition coefficient (Wildman–Crippen LogP) is 2.79. The SMILES string of the molecule is C=CCNC(=O)C(NC(=O)c1ccc(F)cc1)C1CCN(C(=O)c2ccccc2OC)CC1. The van der Waals surface area contributed by atoms with Crippen LogP contribution in [0.4, 0.5) is 4.39 Å². The van der Waals surface area contributed by atoms with E-state index >= 15 is 0 Å². The maximum absolute atomic E-state index is 13.2. The van der Waals surface area contributed by atoms with E-state index in [0.717, 1.165) is 0 Å². The molecule has 1 unspecified atom stereocenters. The summed E-state index contributed by atoms with van der Waals surface area (Å²) in [5, 5.41) is 5.54. The van der Waals surface area contributed by atoms with E-state index in [1.165, 1.54) is 31.4 Å². The second kappa shape index (κ2) is 11.3. The Labute approximate surface area is 192 Å².